The second-order valence-corrected chi connectivity index (χ2v) is 8.09. The van der Waals surface area contributed by atoms with Crippen LogP contribution in [0.25, 0.3) is 0 Å². The molecule has 0 N–H and O–H groups in total. The average Bonchev–Trinajstić information content (AvgIpc) is 2.98. The lowest BCUT2D eigenvalue weighted by molar-refractivity contribution is 0.0986. The molecule has 0 radical (unpaired) electrons. The quantitative estimate of drug-likeness (QED) is 0.707. The van der Waals surface area contributed by atoms with Crippen molar-refractivity contribution in [2.24, 2.45) is 0 Å². The number of rotatable bonds is 2. The summed E-state index contributed by atoms with van der Waals surface area (Å²) in [5.41, 5.74) is 2.71. The van der Waals surface area contributed by atoms with Crippen LogP contribution in [0.15, 0.2) is 24.3 Å². The highest BCUT2D eigenvalue weighted by Crippen LogP contribution is 2.46. The van der Waals surface area contributed by atoms with E-state index in [1.165, 1.54) is 11.3 Å². The second-order valence-electron chi connectivity index (χ2n) is 6.66. The van der Waals surface area contributed by atoms with Crippen molar-refractivity contribution in [2.45, 2.75) is 25.2 Å². The van der Waals surface area contributed by atoms with Crippen LogP contribution in [0, 0.1) is 11.3 Å². The number of anilines is 1. The van der Waals surface area contributed by atoms with Gasteiger partial charge in [-0.2, -0.15) is 5.26 Å². The van der Waals surface area contributed by atoms with Crippen molar-refractivity contribution in [2.75, 3.05) is 31.2 Å². The molecular formula is C20H19ClN2O2S. The summed E-state index contributed by atoms with van der Waals surface area (Å²) in [6, 6.07) is 10.2. The maximum Gasteiger partial charge on any atom is 0.173 e. The largest absolute Gasteiger partial charge is 0.378 e. The molecule has 1 saturated heterocycles. The van der Waals surface area contributed by atoms with Crippen LogP contribution in [0.5, 0.6) is 0 Å². The van der Waals surface area contributed by atoms with Crippen LogP contribution >= 0.6 is 22.9 Å². The highest BCUT2D eigenvalue weighted by atomic mass is 35.5. The Bertz CT molecular complexity index is 863. The Morgan fingerprint density at radius 3 is 2.65 bits per heavy atom. The number of Topliss-reactive ketones (excluding diaryl/α,β-unsaturated/α-hetero) is 1. The number of hydrogen-bond donors (Lipinski definition) is 0. The SMILES string of the molecule is N#Cc1c(N2CCOCC2)sc2c1C(c1ccc(Cl)cc1)CCCC2=O. The molecule has 1 fully saturated rings. The van der Waals surface area contributed by atoms with Crippen LogP contribution in [-0.2, 0) is 4.74 Å². The molecule has 0 saturated carbocycles. The first kappa shape index (κ1) is 17.5. The fourth-order valence-corrected chi connectivity index (χ4v) is 5.28. The molecule has 2 aromatic rings. The van der Waals surface area contributed by atoms with Crippen LogP contribution in [0.3, 0.4) is 0 Å². The number of benzene rings is 1. The van der Waals surface area contributed by atoms with E-state index in [1.54, 1.807) is 0 Å². The molecule has 4 rings (SSSR count). The lowest BCUT2D eigenvalue weighted by Gasteiger charge is -2.28. The highest BCUT2D eigenvalue weighted by molar-refractivity contribution is 7.18. The van der Waals surface area contributed by atoms with Gasteiger partial charge in [-0.25, -0.2) is 0 Å². The normalized spacial score (nSPS) is 20.4. The summed E-state index contributed by atoms with van der Waals surface area (Å²) in [6.07, 6.45) is 2.25. The monoisotopic (exact) mass is 386 g/mol. The molecule has 134 valence electrons. The number of halogens is 1. The molecule has 1 atom stereocenters. The van der Waals surface area contributed by atoms with E-state index < -0.39 is 0 Å². The summed E-state index contributed by atoms with van der Waals surface area (Å²) in [6.45, 7) is 2.83. The molecular weight excluding hydrogens is 368 g/mol. The van der Waals surface area contributed by atoms with Gasteiger partial charge in [-0.3, -0.25) is 4.79 Å². The Labute approximate surface area is 161 Å². The topological polar surface area (TPSA) is 53.3 Å². The van der Waals surface area contributed by atoms with Crippen molar-refractivity contribution in [1.82, 2.24) is 0 Å². The second kappa shape index (κ2) is 7.40. The van der Waals surface area contributed by atoms with Crippen LogP contribution in [-0.4, -0.2) is 32.1 Å². The first-order chi connectivity index (χ1) is 12.7. The Balaban J connectivity index is 1.85. The van der Waals surface area contributed by atoms with E-state index in [9.17, 15) is 10.1 Å². The maximum absolute atomic E-state index is 12.7. The Kier molecular flexibility index (Phi) is 4.99. The van der Waals surface area contributed by atoms with Gasteiger partial charge in [0.1, 0.15) is 11.1 Å². The van der Waals surface area contributed by atoms with Gasteiger partial charge >= 0.3 is 0 Å². The van der Waals surface area contributed by atoms with E-state index >= 15 is 0 Å². The number of carbonyl (C=O) groups excluding carboxylic acids is 1. The number of nitrogens with zero attached hydrogens (tertiary/aromatic N) is 2. The van der Waals surface area contributed by atoms with Crippen molar-refractivity contribution in [1.29, 1.82) is 5.26 Å². The summed E-state index contributed by atoms with van der Waals surface area (Å²) in [5, 5.41) is 11.6. The number of thiophene rings is 1. The summed E-state index contributed by atoms with van der Waals surface area (Å²) in [5.74, 6) is 0.229. The molecule has 26 heavy (non-hydrogen) atoms. The summed E-state index contributed by atoms with van der Waals surface area (Å²) >= 11 is 7.54. The molecule has 1 aromatic carbocycles. The molecule has 1 aliphatic heterocycles. The van der Waals surface area contributed by atoms with Gasteiger partial charge < -0.3 is 9.64 Å². The van der Waals surface area contributed by atoms with E-state index in [1.807, 2.05) is 24.3 Å². The zero-order valence-corrected chi connectivity index (χ0v) is 15.9. The third-order valence-corrected chi connectivity index (χ3v) is 6.67. The lowest BCUT2D eigenvalue weighted by Crippen LogP contribution is -2.36. The van der Waals surface area contributed by atoms with E-state index in [0.29, 0.717) is 30.2 Å². The van der Waals surface area contributed by atoms with E-state index in [-0.39, 0.29) is 11.7 Å². The van der Waals surface area contributed by atoms with E-state index in [4.69, 9.17) is 16.3 Å². The average molecular weight is 387 g/mol. The molecule has 0 spiro atoms. The fraction of sp³-hybridized carbons (Fsp3) is 0.400. The smallest absolute Gasteiger partial charge is 0.173 e. The maximum atomic E-state index is 12.7. The lowest BCUT2D eigenvalue weighted by atomic mass is 9.86. The minimum Gasteiger partial charge on any atom is -0.378 e. The number of nitriles is 1. The summed E-state index contributed by atoms with van der Waals surface area (Å²) in [4.78, 5) is 15.7. The molecule has 1 aliphatic carbocycles. The first-order valence-electron chi connectivity index (χ1n) is 8.87. The minimum absolute atomic E-state index is 0.0643. The van der Waals surface area contributed by atoms with Gasteiger partial charge in [0, 0.05) is 36.0 Å². The summed E-state index contributed by atoms with van der Waals surface area (Å²) < 4.78 is 5.44. The molecule has 1 unspecified atom stereocenters. The van der Waals surface area contributed by atoms with Crippen molar-refractivity contribution >= 4 is 33.7 Å². The molecule has 6 heteroatoms. The predicted octanol–water partition coefficient (Wildman–Crippen LogP) is 4.61. The van der Waals surface area contributed by atoms with Gasteiger partial charge in [0.05, 0.1) is 23.7 Å². The van der Waals surface area contributed by atoms with Gasteiger partial charge in [-0.15, -0.1) is 11.3 Å². The van der Waals surface area contributed by atoms with Gasteiger partial charge in [-0.1, -0.05) is 23.7 Å². The number of fused-ring (bicyclic) bond motifs is 1. The van der Waals surface area contributed by atoms with Crippen molar-refractivity contribution in [3.63, 3.8) is 0 Å². The van der Waals surface area contributed by atoms with Gasteiger partial charge in [0.25, 0.3) is 0 Å². The summed E-state index contributed by atoms with van der Waals surface area (Å²) in [7, 11) is 0. The number of hydrogen-bond acceptors (Lipinski definition) is 5. The number of morpholine rings is 1. The van der Waals surface area contributed by atoms with Crippen molar-refractivity contribution < 1.29 is 9.53 Å². The molecule has 4 nitrogen and oxygen atoms in total. The van der Waals surface area contributed by atoms with Gasteiger partial charge in [-0.05, 0) is 30.5 Å². The van der Waals surface area contributed by atoms with Crippen molar-refractivity contribution in [3.8, 4) is 6.07 Å². The standard InChI is InChI=1S/C20H19ClN2O2S/c21-14-6-4-13(5-7-14)15-2-1-3-17(24)19-18(15)16(12-22)20(26-19)23-8-10-25-11-9-23/h4-7,15H,1-3,8-11H2. The predicted molar refractivity (Wildman–Crippen MR) is 104 cm³/mol. The molecule has 0 amide bonds. The molecule has 2 aliphatic rings. The van der Waals surface area contributed by atoms with Crippen LogP contribution in [0.2, 0.25) is 5.02 Å². The molecule has 0 bridgehead atoms. The number of ether oxygens (including phenoxy) is 1. The first-order valence-corrected chi connectivity index (χ1v) is 10.1. The van der Waals surface area contributed by atoms with Gasteiger partial charge in [0.2, 0.25) is 0 Å². The zero-order valence-electron chi connectivity index (χ0n) is 14.3. The molecule has 2 heterocycles. The van der Waals surface area contributed by atoms with Crippen molar-refractivity contribution in [3.05, 3.63) is 50.9 Å². The van der Waals surface area contributed by atoms with Crippen LogP contribution < -0.4 is 4.90 Å². The Morgan fingerprint density at radius 2 is 1.96 bits per heavy atom. The van der Waals surface area contributed by atoms with Crippen LogP contribution in [0.4, 0.5) is 5.00 Å². The molecule has 1 aromatic heterocycles. The van der Waals surface area contributed by atoms with Crippen LogP contribution in [0.1, 0.15) is 51.5 Å². The highest BCUT2D eigenvalue weighted by Gasteiger charge is 2.33. The Morgan fingerprint density at radius 1 is 1.23 bits per heavy atom. The fourth-order valence-electron chi connectivity index (χ4n) is 3.82. The Hall–Kier alpha value is -1.87. The third kappa shape index (κ3) is 3.14. The van der Waals surface area contributed by atoms with E-state index in [0.717, 1.165) is 46.9 Å². The number of ketones is 1. The minimum atomic E-state index is 0.0643. The third-order valence-electron chi connectivity index (χ3n) is 5.11. The van der Waals surface area contributed by atoms with Gasteiger partial charge in [0.15, 0.2) is 5.78 Å². The zero-order chi connectivity index (χ0) is 18.1. The number of carbonyl (C=O) groups is 1. The van der Waals surface area contributed by atoms with E-state index in [2.05, 4.69) is 11.0 Å².